The fourth-order valence-corrected chi connectivity index (χ4v) is 1.78. The Morgan fingerprint density at radius 3 is 3.06 bits per heavy atom. The number of halogens is 1. The van der Waals surface area contributed by atoms with E-state index in [9.17, 15) is 9.59 Å². The van der Waals surface area contributed by atoms with Gasteiger partial charge in [-0.3, -0.25) is 9.78 Å². The number of nitrogens with one attached hydrogen (secondary N) is 1. The Morgan fingerprint density at radius 2 is 2.35 bits per heavy atom. The van der Waals surface area contributed by atoms with Crippen molar-refractivity contribution in [1.29, 1.82) is 0 Å². The summed E-state index contributed by atoms with van der Waals surface area (Å²) >= 11 is 5.99. The van der Waals surface area contributed by atoms with Gasteiger partial charge >= 0.3 is 5.97 Å². The van der Waals surface area contributed by atoms with Gasteiger partial charge in [-0.1, -0.05) is 11.6 Å². The van der Waals surface area contributed by atoms with E-state index in [4.69, 9.17) is 16.3 Å². The fourth-order valence-electron chi connectivity index (χ4n) is 1.47. The molecule has 0 aliphatic rings. The molecule has 88 valence electrons. The van der Waals surface area contributed by atoms with Gasteiger partial charge in [-0.05, 0) is 19.1 Å². The lowest BCUT2D eigenvalue weighted by Crippen LogP contribution is -2.20. The Kier molecular flexibility index (Phi) is 3.10. The first kappa shape index (κ1) is 11.6. The van der Waals surface area contributed by atoms with Gasteiger partial charge < -0.3 is 9.72 Å². The molecule has 0 radical (unpaired) electrons. The van der Waals surface area contributed by atoms with Crippen molar-refractivity contribution >= 4 is 28.6 Å². The summed E-state index contributed by atoms with van der Waals surface area (Å²) in [7, 11) is 0. The summed E-state index contributed by atoms with van der Waals surface area (Å²) in [6.07, 6.45) is 1.53. The maximum absolute atomic E-state index is 11.7. The number of fused-ring (bicyclic) bond motifs is 1. The second kappa shape index (κ2) is 4.55. The molecular formula is C11H9ClN2O3. The molecule has 2 heterocycles. The van der Waals surface area contributed by atoms with Gasteiger partial charge in [-0.25, -0.2) is 4.79 Å². The monoisotopic (exact) mass is 252 g/mol. The molecule has 2 rings (SSSR count). The van der Waals surface area contributed by atoms with Crippen molar-refractivity contribution in [1.82, 2.24) is 9.97 Å². The third-order valence-corrected chi connectivity index (χ3v) is 2.56. The van der Waals surface area contributed by atoms with Crippen LogP contribution in [0.5, 0.6) is 0 Å². The van der Waals surface area contributed by atoms with Crippen LogP contribution in [0.15, 0.2) is 23.1 Å². The highest BCUT2D eigenvalue weighted by Gasteiger charge is 2.19. The molecule has 0 amide bonds. The molecule has 0 aliphatic carbocycles. The molecule has 0 bridgehead atoms. The standard InChI is InChI=1S/C11H9ClN2O3/c1-2-17-11(16)7-8(12)9-6(14-10(7)15)4-3-5-13-9/h3-5H,2H2,1H3,(H,14,15). The van der Waals surface area contributed by atoms with E-state index < -0.39 is 11.5 Å². The number of pyridine rings is 2. The Labute approximate surface area is 101 Å². The topological polar surface area (TPSA) is 72.0 Å². The average Bonchev–Trinajstić information content (AvgIpc) is 2.29. The van der Waals surface area contributed by atoms with Crippen molar-refractivity contribution in [3.8, 4) is 0 Å². The first-order valence-electron chi connectivity index (χ1n) is 4.98. The first-order valence-corrected chi connectivity index (χ1v) is 5.36. The van der Waals surface area contributed by atoms with Gasteiger partial charge in [0.1, 0.15) is 11.1 Å². The predicted molar refractivity (Wildman–Crippen MR) is 63.3 cm³/mol. The van der Waals surface area contributed by atoms with Gasteiger partial charge in [0.2, 0.25) is 0 Å². The number of H-pyrrole nitrogens is 1. The Morgan fingerprint density at radius 1 is 1.59 bits per heavy atom. The number of nitrogens with zero attached hydrogens (tertiary/aromatic N) is 1. The van der Waals surface area contributed by atoms with E-state index in [2.05, 4.69) is 9.97 Å². The fraction of sp³-hybridized carbons (Fsp3) is 0.182. The maximum Gasteiger partial charge on any atom is 0.345 e. The zero-order chi connectivity index (χ0) is 12.4. The Balaban J connectivity index is 2.72. The molecule has 0 saturated heterocycles. The zero-order valence-corrected chi connectivity index (χ0v) is 9.75. The third-order valence-electron chi connectivity index (χ3n) is 2.19. The lowest BCUT2D eigenvalue weighted by atomic mass is 10.2. The zero-order valence-electron chi connectivity index (χ0n) is 8.99. The molecule has 6 heteroatoms. The van der Waals surface area contributed by atoms with E-state index in [1.165, 1.54) is 6.20 Å². The summed E-state index contributed by atoms with van der Waals surface area (Å²) in [5.74, 6) is -0.744. The number of carbonyl (C=O) groups excluding carboxylic acids is 1. The number of hydrogen-bond donors (Lipinski definition) is 1. The van der Waals surface area contributed by atoms with Gasteiger partial charge in [-0.15, -0.1) is 0 Å². The van der Waals surface area contributed by atoms with Crippen LogP contribution in [0.2, 0.25) is 5.02 Å². The molecule has 2 aromatic rings. The van der Waals surface area contributed by atoms with Gasteiger partial charge in [0.05, 0.1) is 17.1 Å². The van der Waals surface area contributed by atoms with Crippen molar-refractivity contribution in [2.24, 2.45) is 0 Å². The molecule has 1 N–H and O–H groups in total. The summed E-state index contributed by atoms with van der Waals surface area (Å²) in [5.41, 5.74) is 0.0704. The molecule has 0 fully saturated rings. The highest BCUT2D eigenvalue weighted by Crippen LogP contribution is 2.21. The van der Waals surface area contributed by atoms with Gasteiger partial charge in [-0.2, -0.15) is 0 Å². The van der Waals surface area contributed by atoms with E-state index in [1.54, 1.807) is 19.1 Å². The normalized spacial score (nSPS) is 10.5. The largest absolute Gasteiger partial charge is 0.462 e. The van der Waals surface area contributed by atoms with Crippen LogP contribution < -0.4 is 5.56 Å². The van der Waals surface area contributed by atoms with Crippen molar-refractivity contribution < 1.29 is 9.53 Å². The van der Waals surface area contributed by atoms with Crippen LogP contribution in [-0.4, -0.2) is 22.5 Å². The van der Waals surface area contributed by atoms with Crippen molar-refractivity contribution in [2.45, 2.75) is 6.92 Å². The molecule has 0 spiro atoms. The maximum atomic E-state index is 11.7. The summed E-state index contributed by atoms with van der Waals surface area (Å²) in [5, 5.41) is 0.0165. The number of rotatable bonds is 2. The SMILES string of the molecule is CCOC(=O)c1c(Cl)c2ncccc2[nH]c1=O. The van der Waals surface area contributed by atoms with Crippen molar-refractivity contribution in [3.63, 3.8) is 0 Å². The minimum Gasteiger partial charge on any atom is -0.462 e. The summed E-state index contributed by atoms with van der Waals surface area (Å²) < 4.78 is 4.77. The van der Waals surface area contributed by atoms with Crippen molar-refractivity contribution in [2.75, 3.05) is 6.61 Å². The first-order chi connectivity index (χ1) is 8.15. The van der Waals surface area contributed by atoms with Gasteiger partial charge in [0, 0.05) is 6.20 Å². The highest BCUT2D eigenvalue weighted by molar-refractivity contribution is 6.37. The van der Waals surface area contributed by atoms with Crippen LogP contribution in [0.1, 0.15) is 17.3 Å². The third kappa shape index (κ3) is 2.01. The summed E-state index contributed by atoms with van der Waals surface area (Å²) in [6, 6.07) is 3.32. The lowest BCUT2D eigenvalue weighted by Gasteiger charge is -2.05. The second-order valence-corrected chi connectivity index (χ2v) is 3.64. The number of hydrogen-bond acceptors (Lipinski definition) is 4. The van der Waals surface area contributed by atoms with Crippen molar-refractivity contribution in [3.05, 3.63) is 39.3 Å². The average molecular weight is 253 g/mol. The number of aromatic amines is 1. The number of ether oxygens (including phenoxy) is 1. The summed E-state index contributed by atoms with van der Waals surface area (Å²) in [4.78, 5) is 29.8. The molecule has 2 aromatic heterocycles. The lowest BCUT2D eigenvalue weighted by molar-refractivity contribution is 0.0524. The van der Waals surface area contributed by atoms with Crippen LogP contribution in [0.4, 0.5) is 0 Å². The van der Waals surface area contributed by atoms with Crippen LogP contribution in [0.25, 0.3) is 11.0 Å². The molecule has 0 unspecified atom stereocenters. The minimum atomic E-state index is -0.744. The number of aromatic nitrogens is 2. The molecular weight excluding hydrogens is 244 g/mol. The number of esters is 1. The molecule has 0 atom stereocenters. The van der Waals surface area contributed by atoms with Crippen LogP contribution in [0, 0.1) is 0 Å². The molecule has 0 saturated carbocycles. The quantitative estimate of drug-likeness (QED) is 0.827. The van der Waals surface area contributed by atoms with Gasteiger partial charge in [0.15, 0.2) is 0 Å². The van der Waals surface area contributed by atoms with Crippen LogP contribution >= 0.6 is 11.6 Å². The van der Waals surface area contributed by atoms with E-state index in [1.807, 2.05) is 0 Å². The number of carbonyl (C=O) groups is 1. The highest BCUT2D eigenvalue weighted by atomic mass is 35.5. The molecule has 0 aromatic carbocycles. The smallest absolute Gasteiger partial charge is 0.345 e. The second-order valence-electron chi connectivity index (χ2n) is 3.26. The van der Waals surface area contributed by atoms with E-state index in [0.717, 1.165) is 0 Å². The minimum absolute atomic E-state index is 0.0165. The summed E-state index contributed by atoms with van der Waals surface area (Å²) in [6.45, 7) is 1.83. The molecule has 0 aliphatic heterocycles. The Bertz CT molecular complexity index is 636. The molecule has 5 nitrogen and oxygen atoms in total. The van der Waals surface area contributed by atoms with Crippen LogP contribution in [0.3, 0.4) is 0 Å². The van der Waals surface area contributed by atoms with Crippen LogP contribution in [-0.2, 0) is 4.74 Å². The predicted octanol–water partition coefficient (Wildman–Crippen LogP) is 1.75. The van der Waals surface area contributed by atoms with Gasteiger partial charge in [0.25, 0.3) is 5.56 Å². The Hall–Kier alpha value is -1.88. The molecule has 17 heavy (non-hydrogen) atoms. The van der Waals surface area contributed by atoms with E-state index in [0.29, 0.717) is 11.0 Å². The van der Waals surface area contributed by atoms with E-state index in [-0.39, 0.29) is 17.2 Å². The van der Waals surface area contributed by atoms with E-state index >= 15 is 0 Å².